The summed E-state index contributed by atoms with van der Waals surface area (Å²) < 4.78 is 7.26. The van der Waals surface area contributed by atoms with Gasteiger partial charge in [-0.3, -0.25) is 19.7 Å². The standard InChI is InChI=1S/C14H17I2N3O5/c1-14(2,3)18-13(23)17-10(20)7-24-11(21)6-19-4-8(15)12(22)9(16)5-19/h4-5H,6-7H2,1-3H3,(H2,17,18,20,23). The molecule has 1 rings (SSSR count). The minimum Gasteiger partial charge on any atom is -0.454 e. The summed E-state index contributed by atoms with van der Waals surface area (Å²) >= 11 is 3.76. The second kappa shape index (κ2) is 8.78. The highest BCUT2D eigenvalue weighted by Crippen LogP contribution is 2.04. The van der Waals surface area contributed by atoms with E-state index in [9.17, 15) is 19.2 Å². The first kappa shape index (κ1) is 20.9. The average molecular weight is 561 g/mol. The first-order valence-corrected chi connectivity index (χ1v) is 8.96. The molecule has 0 aromatic carbocycles. The second-order valence-electron chi connectivity index (χ2n) is 5.87. The van der Waals surface area contributed by atoms with Crippen LogP contribution in [0.2, 0.25) is 0 Å². The van der Waals surface area contributed by atoms with Gasteiger partial charge in [0.25, 0.3) is 5.91 Å². The molecule has 0 unspecified atom stereocenters. The van der Waals surface area contributed by atoms with Crippen LogP contribution < -0.4 is 16.1 Å². The Morgan fingerprint density at radius 2 is 1.71 bits per heavy atom. The number of hydrogen-bond donors (Lipinski definition) is 2. The molecule has 8 nitrogen and oxygen atoms in total. The Balaban J connectivity index is 2.48. The molecule has 1 aromatic rings. The molecule has 0 atom stereocenters. The molecule has 2 N–H and O–H groups in total. The largest absolute Gasteiger partial charge is 0.454 e. The molecule has 0 spiro atoms. The number of carbonyl (C=O) groups is 3. The van der Waals surface area contributed by atoms with Crippen molar-refractivity contribution in [1.29, 1.82) is 0 Å². The second-order valence-corrected chi connectivity index (χ2v) is 8.19. The summed E-state index contributed by atoms with van der Waals surface area (Å²) in [6.07, 6.45) is 3.03. The molecule has 24 heavy (non-hydrogen) atoms. The smallest absolute Gasteiger partial charge is 0.326 e. The monoisotopic (exact) mass is 561 g/mol. The van der Waals surface area contributed by atoms with E-state index >= 15 is 0 Å². The molecular weight excluding hydrogens is 544 g/mol. The summed E-state index contributed by atoms with van der Waals surface area (Å²) in [6.45, 7) is 4.59. The molecule has 1 heterocycles. The van der Waals surface area contributed by atoms with Crippen molar-refractivity contribution in [2.45, 2.75) is 32.9 Å². The van der Waals surface area contributed by atoms with Gasteiger partial charge in [-0.25, -0.2) is 4.79 Å². The first-order chi connectivity index (χ1) is 11.0. The third-order valence-electron chi connectivity index (χ3n) is 2.41. The van der Waals surface area contributed by atoms with Crippen LogP contribution in [0, 0.1) is 7.14 Å². The average Bonchev–Trinajstić information content (AvgIpc) is 2.40. The molecular formula is C14H17I2N3O5. The molecule has 0 aliphatic rings. The molecule has 0 radical (unpaired) electrons. The molecule has 132 valence electrons. The van der Waals surface area contributed by atoms with Crippen LogP contribution in [0.3, 0.4) is 0 Å². The maximum atomic E-state index is 11.7. The van der Waals surface area contributed by atoms with E-state index < -0.39 is 30.1 Å². The Hall–Kier alpha value is -1.18. The van der Waals surface area contributed by atoms with Crippen molar-refractivity contribution in [3.8, 4) is 0 Å². The Bertz CT molecular complexity index is 683. The van der Waals surface area contributed by atoms with Crippen LogP contribution in [0.15, 0.2) is 17.2 Å². The van der Waals surface area contributed by atoms with E-state index in [1.807, 2.05) is 45.2 Å². The molecule has 0 aliphatic heterocycles. The van der Waals surface area contributed by atoms with Gasteiger partial charge in [0, 0.05) is 17.9 Å². The number of aromatic nitrogens is 1. The maximum Gasteiger partial charge on any atom is 0.326 e. The van der Waals surface area contributed by atoms with Crippen LogP contribution in [0.25, 0.3) is 0 Å². The van der Waals surface area contributed by atoms with Crippen molar-refractivity contribution in [2.24, 2.45) is 0 Å². The van der Waals surface area contributed by atoms with Crippen LogP contribution >= 0.6 is 45.2 Å². The highest BCUT2D eigenvalue weighted by Gasteiger charge is 2.16. The lowest BCUT2D eigenvalue weighted by Gasteiger charge is -2.20. The Labute approximate surface area is 166 Å². The third-order valence-corrected chi connectivity index (χ3v) is 3.95. The van der Waals surface area contributed by atoms with Gasteiger partial charge in [-0.2, -0.15) is 0 Å². The van der Waals surface area contributed by atoms with Crippen LogP contribution in [-0.2, 0) is 20.9 Å². The van der Waals surface area contributed by atoms with E-state index in [0.29, 0.717) is 7.14 Å². The fourth-order valence-corrected chi connectivity index (χ4v) is 3.34. The summed E-state index contributed by atoms with van der Waals surface area (Å²) in [5, 5.41) is 4.61. The number of rotatable bonds is 4. The molecule has 0 fully saturated rings. The van der Waals surface area contributed by atoms with Gasteiger partial charge in [-0.1, -0.05) is 0 Å². The lowest BCUT2D eigenvalue weighted by atomic mass is 10.1. The van der Waals surface area contributed by atoms with E-state index in [1.165, 1.54) is 17.0 Å². The van der Waals surface area contributed by atoms with Gasteiger partial charge in [0.2, 0.25) is 5.43 Å². The zero-order valence-electron chi connectivity index (χ0n) is 13.3. The number of carbonyl (C=O) groups excluding carboxylic acids is 3. The zero-order valence-corrected chi connectivity index (χ0v) is 17.6. The third kappa shape index (κ3) is 7.59. The van der Waals surface area contributed by atoms with Crippen molar-refractivity contribution >= 4 is 63.1 Å². The summed E-state index contributed by atoms with van der Waals surface area (Å²) in [5.41, 5.74) is -0.593. The SMILES string of the molecule is CC(C)(C)NC(=O)NC(=O)COC(=O)Cn1cc(I)c(=O)c(I)c1. The van der Waals surface area contributed by atoms with E-state index in [-0.39, 0.29) is 12.0 Å². The van der Waals surface area contributed by atoms with Gasteiger partial charge in [-0.05, 0) is 66.0 Å². The molecule has 0 saturated heterocycles. The summed E-state index contributed by atoms with van der Waals surface area (Å²) in [5.74, 6) is -1.38. The highest BCUT2D eigenvalue weighted by molar-refractivity contribution is 14.1. The van der Waals surface area contributed by atoms with E-state index in [2.05, 4.69) is 10.6 Å². The van der Waals surface area contributed by atoms with Gasteiger partial charge in [0.1, 0.15) is 6.54 Å². The number of nitrogens with one attached hydrogen (secondary N) is 2. The van der Waals surface area contributed by atoms with Gasteiger partial charge in [0.15, 0.2) is 6.61 Å². The van der Waals surface area contributed by atoms with Crippen LogP contribution in [0.4, 0.5) is 4.79 Å². The lowest BCUT2D eigenvalue weighted by molar-refractivity contribution is -0.148. The van der Waals surface area contributed by atoms with Gasteiger partial charge >= 0.3 is 12.0 Å². The normalized spacial score (nSPS) is 10.9. The summed E-state index contributed by atoms with van der Waals surface area (Å²) in [7, 11) is 0. The molecule has 0 aliphatic carbocycles. The van der Waals surface area contributed by atoms with Gasteiger partial charge < -0.3 is 14.6 Å². The van der Waals surface area contributed by atoms with Crippen molar-refractivity contribution in [1.82, 2.24) is 15.2 Å². The lowest BCUT2D eigenvalue weighted by Crippen LogP contribution is -2.49. The van der Waals surface area contributed by atoms with E-state index in [0.717, 1.165) is 0 Å². The number of nitrogens with zero attached hydrogens (tertiary/aromatic N) is 1. The number of halogens is 2. The number of ether oxygens (including phenoxy) is 1. The van der Waals surface area contributed by atoms with Crippen LogP contribution in [0.1, 0.15) is 20.8 Å². The van der Waals surface area contributed by atoms with Gasteiger partial charge in [0.05, 0.1) is 7.14 Å². The zero-order chi connectivity index (χ0) is 18.5. The Morgan fingerprint density at radius 3 is 2.21 bits per heavy atom. The number of imide groups is 1. The van der Waals surface area contributed by atoms with Gasteiger partial charge in [-0.15, -0.1) is 0 Å². The summed E-state index contributed by atoms with van der Waals surface area (Å²) in [4.78, 5) is 46.4. The highest BCUT2D eigenvalue weighted by atomic mass is 127. The minimum absolute atomic E-state index is 0.106. The minimum atomic E-state index is -0.728. The van der Waals surface area contributed by atoms with Crippen molar-refractivity contribution in [2.75, 3.05) is 6.61 Å². The predicted octanol–water partition coefficient (Wildman–Crippen LogP) is 1.22. The van der Waals surface area contributed by atoms with Crippen molar-refractivity contribution in [3.63, 3.8) is 0 Å². The van der Waals surface area contributed by atoms with E-state index in [4.69, 9.17) is 4.74 Å². The quantitative estimate of drug-likeness (QED) is 0.425. The maximum absolute atomic E-state index is 11.7. The Morgan fingerprint density at radius 1 is 1.17 bits per heavy atom. The summed E-state index contributed by atoms with van der Waals surface area (Å²) in [6, 6.07) is -0.659. The first-order valence-electron chi connectivity index (χ1n) is 6.80. The van der Waals surface area contributed by atoms with Crippen LogP contribution in [-0.4, -0.2) is 34.6 Å². The molecule has 0 saturated carbocycles. The molecule has 3 amide bonds. The molecule has 10 heteroatoms. The van der Waals surface area contributed by atoms with Crippen molar-refractivity contribution < 1.29 is 19.1 Å². The van der Waals surface area contributed by atoms with E-state index in [1.54, 1.807) is 20.8 Å². The number of amides is 3. The fraction of sp³-hybridized carbons (Fsp3) is 0.429. The fourth-order valence-electron chi connectivity index (χ4n) is 1.53. The molecule has 0 bridgehead atoms. The topological polar surface area (TPSA) is 106 Å². The Kier molecular flexibility index (Phi) is 7.63. The van der Waals surface area contributed by atoms with Crippen LogP contribution in [0.5, 0.6) is 0 Å². The number of esters is 1. The molecule has 1 aromatic heterocycles. The predicted molar refractivity (Wildman–Crippen MR) is 104 cm³/mol. The number of hydrogen-bond acceptors (Lipinski definition) is 5. The number of pyridine rings is 1. The number of urea groups is 1. The van der Waals surface area contributed by atoms with Crippen molar-refractivity contribution in [3.05, 3.63) is 29.8 Å².